The first-order valence-electron chi connectivity index (χ1n) is 6.66. The minimum Gasteiger partial charge on any atom is -0.315 e. The topological polar surface area (TPSA) is 4.41 Å². The lowest BCUT2D eigenvalue weighted by molar-refractivity contribution is 1.30. The van der Waals surface area contributed by atoms with E-state index in [2.05, 4.69) is 59.1 Å². The Hall–Kier alpha value is -2.25. The largest absolute Gasteiger partial charge is 0.315 e. The quantitative estimate of drug-likeness (QED) is 0.352. The molecule has 5 rings (SSSR count). The summed E-state index contributed by atoms with van der Waals surface area (Å²) in [5, 5.41) is 7.14. The summed E-state index contributed by atoms with van der Waals surface area (Å²) < 4.78 is 2.28. The standard InChI is InChI=1S/C18H10ClN/c19-13-6-5-11-9-12-7-8-20-16-4-2-1-3-14(16)17(18(12)20)15(11)10-13/h1-10H. The molecule has 0 saturated carbocycles. The van der Waals surface area contributed by atoms with Crippen molar-refractivity contribution in [1.29, 1.82) is 0 Å². The predicted octanol–water partition coefficient (Wildman–Crippen LogP) is 5.49. The van der Waals surface area contributed by atoms with Gasteiger partial charge in [0.1, 0.15) is 0 Å². The molecule has 5 aromatic rings. The Balaban J connectivity index is 2.25. The second kappa shape index (κ2) is 3.44. The van der Waals surface area contributed by atoms with Crippen LogP contribution < -0.4 is 0 Å². The van der Waals surface area contributed by atoms with Gasteiger partial charge in [0.2, 0.25) is 0 Å². The van der Waals surface area contributed by atoms with Crippen LogP contribution in [0.2, 0.25) is 5.02 Å². The molecular formula is C18H10ClN. The van der Waals surface area contributed by atoms with Crippen LogP contribution in [0.1, 0.15) is 0 Å². The second-order valence-corrected chi connectivity index (χ2v) is 5.69. The lowest BCUT2D eigenvalue weighted by Gasteiger charge is -2.02. The molecule has 20 heavy (non-hydrogen) atoms. The van der Waals surface area contributed by atoms with Crippen LogP contribution in [0.25, 0.3) is 38.0 Å². The number of hydrogen-bond acceptors (Lipinski definition) is 0. The third kappa shape index (κ3) is 1.14. The zero-order chi connectivity index (χ0) is 13.3. The first-order valence-corrected chi connectivity index (χ1v) is 7.04. The molecule has 0 aliphatic rings. The van der Waals surface area contributed by atoms with E-state index >= 15 is 0 Å². The highest BCUT2D eigenvalue weighted by Crippen LogP contribution is 2.38. The molecule has 2 heteroatoms. The van der Waals surface area contributed by atoms with Crippen LogP contribution in [0.15, 0.2) is 60.8 Å². The molecule has 2 aromatic heterocycles. The number of hydrogen-bond donors (Lipinski definition) is 0. The van der Waals surface area contributed by atoms with E-state index in [-0.39, 0.29) is 0 Å². The number of fused-ring (bicyclic) bond motifs is 5. The third-order valence-corrected chi connectivity index (χ3v) is 4.42. The van der Waals surface area contributed by atoms with E-state index in [4.69, 9.17) is 11.6 Å². The first kappa shape index (κ1) is 10.5. The summed E-state index contributed by atoms with van der Waals surface area (Å²) in [7, 11) is 0. The number of rotatable bonds is 0. The van der Waals surface area contributed by atoms with E-state index < -0.39 is 0 Å². The van der Waals surface area contributed by atoms with Crippen LogP contribution in [0.4, 0.5) is 0 Å². The van der Waals surface area contributed by atoms with Gasteiger partial charge in [-0.3, -0.25) is 0 Å². The molecule has 3 aromatic carbocycles. The molecule has 0 bridgehead atoms. The maximum Gasteiger partial charge on any atom is 0.0614 e. The number of para-hydroxylation sites is 1. The van der Waals surface area contributed by atoms with Crippen molar-refractivity contribution >= 4 is 49.6 Å². The van der Waals surface area contributed by atoms with E-state index in [1.54, 1.807) is 0 Å². The van der Waals surface area contributed by atoms with Gasteiger partial charge in [-0.1, -0.05) is 35.9 Å². The Bertz CT molecular complexity index is 1100. The zero-order valence-corrected chi connectivity index (χ0v) is 11.4. The molecule has 2 heterocycles. The molecule has 0 aliphatic carbocycles. The molecule has 0 amide bonds. The molecule has 0 saturated heterocycles. The molecular weight excluding hydrogens is 266 g/mol. The molecule has 0 unspecified atom stereocenters. The number of benzene rings is 3. The van der Waals surface area contributed by atoms with Crippen molar-refractivity contribution in [3.8, 4) is 0 Å². The van der Waals surface area contributed by atoms with E-state index in [1.165, 1.54) is 38.0 Å². The van der Waals surface area contributed by atoms with E-state index in [9.17, 15) is 0 Å². The lowest BCUT2D eigenvalue weighted by atomic mass is 10.0. The number of aromatic nitrogens is 1. The summed E-state index contributed by atoms with van der Waals surface area (Å²) in [6, 6.07) is 19.1. The Morgan fingerprint density at radius 3 is 2.65 bits per heavy atom. The highest BCUT2D eigenvalue weighted by atomic mass is 35.5. The highest BCUT2D eigenvalue weighted by Gasteiger charge is 2.14. The molecule has 0 radical (unpaired) electrons. The number of halogens is 1. The van der Waals surface area contributed by atoms with E-state index in [0.717, 1.165) is 5.02 Å². The van der Waals surface area contributed by atoms with Crippen molar-refractivity contribution in [1.82, 2.24) is 4.40 Å². The van der Waals surface area contributed by atoms with Crippen LogP contribution in [0.3, 0.4) is 0 Å². The fraction of sp³-hybridized carbons (Fsp3) is 0. The van der Waals surface area contributed by atoms with Gasteiger partial charge >= 0.3 is 0 Å². The molecule has 0 fully saturated rings. The van der Waals surface area contributed by atoms with E-state index in [0.29, 0.717) is 0 Å². The monoisotopic (exact) mass is 275 g/mol. The van der Waals surface area contributed by atoms with Gasteiger partial charge in [0, 0.05) is 27.4 Å². The van der Waals surface area contributed by atoms with Crippen LogP contribution in [-0.2, 0) is 0 Å². The zero-order valence-electron chi connectivity index (χ0n) is 10.6. The van der Waals surface area contributed by atoms with Crippen LogP contribution in [0, 0.1) is 0 Å². The lowest BCUT2D eigenvalue weighted by Crippen LogP contribution is -1.77. The van der Waals surface area contributed by atoms with Crippen molar-refractivity contribution in [3.05, 3.63) is 65.8 Å². The Kier molecular flexibility index (Phi) is 1.81. The van der Waals surface area contributed by atoms with Gasteiger partial charge in [-0.15, -0.1) is 0 Å². The van der Waals surface area contributed by atoms with Gasteiger partial charge in [-0.05, 0) is 41.1 Å². The Labute approximate surface area is 120 Å². The highest BCUT2D eigenvalue weighted by molar-refractivity contribution is 6.33. The Morgan fingerprint density at radius 1 is 0.800 bits per heavy atom. The Morgan fingerprint density at radius 2 is 1.70 bits per heavy atom. The smallest absolute Gasteiger partial charge is 0.0614 e. The van der Waals surface area contributed by atoms with Crippen molar-refractivity contribution in [2.45, 2.75) is 0 Å². The molecule has 0 N–H and O–H groups in total. The van der Waals surface area contributed by atoms with Crippen molar-refractivity contribution < 1.29 is 0 Å². The minimum atomic E-state index is 0.788. The maximum atomic E-state index is 6.21. The molecule has 1 nitrogen and oxygen atoms in total. The summed E-state index contributed by atoms with van der Waals surface area (Å²) in [5.41, 5.74) is 2.55. The van der Waals surface area contributed by atoms with Crippen molar-refractivity contribution in [2.75, 3.05) is 0 Å². The van der Waals surface area contributed by atoms with Crippen LogP contribution in [0.5, 0.6) is 0 Å². The summed E-state index contributed by atoms with van der Waals surface area (Å²) >= 11 is 6.21. The summed E-state index contributed by atoms with van der Waals surface area (Å²) in [4.78, 5) is 0. The van der Waals surface area contributed by atoms with E-state index in [1.807, 2.05) is 6.07 Å². The van der Waals surface area contributed by atoms with Gasteiger partial charge in [0.25, 0.3) is 0 Å². The molecule has 0 aliphatic heterocycles. The van der Waals surface area contributed by atoms with Crippen molar-refractivity contribution in [2.24, 2.45) is 0 Å². The molecule has 0 spiro atoms. The average molecular weight is 276 g/mol. The third-order valence-electron chi connectivity index (χ3n) is 4.18. The average Bonchev–Trinajstić information content (AvgIpc) is 3.02. The van der Waals surface area contributed by atoms with Crippen molar-refractivity contribution in [3.63, 3.8) is 0 Å². The van der Waals surface area contributed by atoms with Gasteiger partial charge in [-0.25, -0.2) is 0 Å². The van der Waals surface area contributed by atoms with Gasteiger partial charge in [0.05, 0.1) is 11.0 Å². The van der Waals surface area contributed by atoms with Gasteiger partial charge in [-0.2, -0.15) is 0 Å². The second-order valence-electron chi connectivity index (χ2n) is 5.26. The van der Waals surface area contributed by atoms with Crippen LogP contribution >= 0.6 is 11.6 Å². The molecule has 94 valence electrons. The normalized spacial score (nSPS) is 12.2. The fourth-order valence-corrected chi connectivity index (χ4v) is 3.54. The van der Waals surface area contributed by atoms with Gasteiger partial charge < -0.3 is 4.40 Å². The minimum absolute atomic E-state index is 0.788. The SMILES string of the molecule is Clc1ccc2cc3ccn4c5ccccc5c(c2c1)c34. The van der Waals surface area contributed by atoms with Gasteiger partial charge in [0.15, 0.2) is 0 Å². The number of nitrogens with zero attached hydrogens (tertiary/aromatic N) is 1. The first-order chi connectivity index (χ1) is 9.83. The molecule has 0 atom stereocenters. The fourth-order valence-electron chi connectivity index (χ4n) is 3.36. The predicted molar refractivity (Wildman–Crippen MR) is 86.1 cm³/mol. The summed E-state index contributed by atoms with van der Waals surface area (Å²) in [6.07, 6.45) is 2.15. The maximum absolute atomic E-state index is 6.21. The van der Waals surface area contributed by atoms with Crippen LogP contribution in [-0.4, -0.2) is 4.40 Å². The summed E-state index contributed by atoms with van der Waals surface area (Å²) in [5.74, 6) is 0. The summed E-state index contributed by atoms with van der Waals surface area (Å²) in [6.45, 7) is 0.